The number of ketones is 1. The molecule has 1 aliphatic heterocycles. The fourth-order valence-electron chi connectivity index (χ4n) is 3.42. The van der Waals surface area contributed by atoms with E-state index in [-0.39, 0.29) is 60.9 Å². The fourth-order valence-corrected chi connectivity index (χ4v) is 3.42. The van der Waals surface area contributed by atoms with E-state index in [1.54, 1.807) is 24.3 Å². The summed E-state index contributed by atoms with van der Waals surface area (Å²) in [5.74, 6) is 0.0962. The summed E-state index contributed by atoms with van der Waals surface area (Å²) in [6, 6.07) is 26.4. The van der Waals surface area contributed by atoms with E-state index in [9.17, 15) is 9.90 Å². The quantitative estimate of drug-likeness (QED) is 0.0826. The first kappa shape index (κ1) is 24.8. The van der Waals surface area contributed by atoms with Crippen molar-refractivity contribution in [3.05, 3.63) is 127 Å². The molecule has 0 spiro atoms. The molecule has 2 heterocycles. The summed E-state index contributed by atoms with van der Waals surface area (Å²) in [5.41, 5.74) is 4.60. The van der Waals surface area contributed by atoms with Crippen LogP contribution in [-0.4, -0.2) is 32.0 Å². The van der Waals surface area contributed by atoms with Gasteiger partial charge in [-0.2, -0.15) is 0 Å². The Morgan fingerprint density at radius 2 is 1.58 bits per heavy atom. The molecule has 0 atom stereocenters. The van der Waals surface area contributed by atoms with Crippen LogP contribution in [0.1, 0.15) is 16.7 Å². The van der Waals surface area contributed by atoms with Crippen LogP contribution in [0.3, 0.4) is 0 Å². The molecule has 4 nitrogen and oxygen atoms in total. The number of hydrogen-bond acceptors (Lipinski definition) is 2. The number of fused-ring (bicyclic) bond motifs is 3. The number of aliphatic hydroxyl groups excluding tert-OH is 1. The molecule has 3 aromatic carbocycles. The predicted molar refractivity (Wildman–Crippen MR) is 132 cm³/mol. The first-order valence-electron chi connectivity index (χ1n) is 10.2. The summed E-state index contributed by atoms with van der Waals surface area (Å²) in [6.45, 7) is 5.92. The van der Waals surface area contributed by atoms with Crippen LogP contribution in [0.4, 0.5) is 5.69 Å². The van der Waals surface area contributed by atoms with E-state index in [2.05, 4.69) is 36.0 Å². The maximum Gasteiger partial charge on any atom is 0.350 e. The largest absolute Gasteiger partial charge is 0.507 e. The van der Waals surface area contributed by atoms with Gasteiger partial charge in [0.25, 0.3) is 0 Å². The molecule has 33 heavy (non-hydrogen) atoms. The number of aliphatic hydroxyl groups is 1. The van der Waals surface area contributed by atoms with Crippen molar-refractivity contribution in [1.29, 1.82) is 0 Å². The Kier molecular flexibility index (Phi) is 8.90. The van der Waals surface area contributed by atoms with Crippen LogP contribution < -0.4 is 0 Å². The minimum absolute atomic E-state index is 0. The van der Waals surface area contributed by atoms with E-state index in [0.717, 1.165) is 16.6 Å². The second-order valence-corrected chi connectivity index (χ2v) is 7.20. The molecule has 1 radical (unpaired) electrons. The molecule has 4 aromatic rings. The van der Waals surface area contributed by atoms with Gasteiger partial charge in [-0.15, -0.1) is 6.08 Å². The van der Waals surface area contributed by atoms with Gasteiger partial charge in [0.05, 0.1) is 30.4 Å². The van der Waals surface area contributed by atoms with Crippen LogP contribution in [0, 0.1) is 55.9 Å². The van der Waals surface area contributed by atoms with Crippen molar-refractivity contribution in [2.45, 2.75) is 0 Å². The van der Waals surface area contributed by atoms with Gasteiger partial charge in [-0.05, 0) is 29.1 Å². The molecule has 0 fully saturated rings. The Balaban J connectivity index is 0.000000181. The van der Waals surface area contributed by atoms with Crippen molar-refractivity contribution in [3.63, 3.8) is 0 Å². The van der Waals surface area contributed by atoms with E-state index in [4.69, 9.17) is 0 Å². The van der Waals surface area contributed by atoms with Crippen molar-refractivity contribution in [1.82, 2.24) is 4.98 Å². The molecular weight excluding hydrogens is 548 g/mol. The van der Waals surface area contributed by atoms with Crippen LogP contribution in [0.25, 0.3) is 22.7 Å². The van der Waals surface area contributed by atoms with Gasteiger partial charge in [-0.25, -0.2) is 0 Å². The molecule has 0 bridgehead atoms. The van der Waals surface area contributed by atoms with Crippen LogP contribution in [0.15, 0.2) is 103 Å². The van der Waals surface area contributed by atoms with Gasteiger partial charge in [0.2, 0.25) is 0 Å². The Bertz CT molecular complexity index is 1330. The summed E-state index contributed by atoms with van der Waals surface area (Å²) in [4.78, 5) is 14.2. The summed E-state index contributed by atoms with van der Waals surface area (Å²) in [7, 11) is 0. The first-order chi connectivity index (χ1) is 15.6. The van der Waals surface area contributed by atoms with Crippen LogP contribution in [0.5, 0.6) is 0 Å². The van der Waals surface area contributed by atoms with E-state index >= 15 is 0 Å². The molecule has 1 aliphatic rings. The van der Waals surface area contributed by atoms with Gasteiger partial charge in [0.15, 0.2) is 5.69 Å². The second kappa shape index (κ2) is 11.8. The summed E-state index contributed by atoms with van der Waals surface area (Å²) >= 11 is 0. The summed E-state index contributed by atoms with van der Waals surface area (Å²) in [6.07, 6.45) is 7.23. The normalized spacial score (nSPS) is 12.0. The monoisotopic (exact) mass is 572 g/mol. The zero-order valence-electron chi connectivity index (χ0n) is 17.8. The molecule has 2 N–H and O–H groups in total. The van der Waals surface area contributed by atoms with Gasteiger partial charge in [-0.3, -0.25) is 14.4 Å². The Morgan fingerprint density at radius 1 is 0.909 bits per heavy atom. The van der Waals surface area contributed by atoms with Crippen molar-refractivity contribution in [2.24, 2.45) is 0 Å². The van der Waals surface area contributed by atoms with Gasteiger partial charge in [0, 0.05) is 61.1 Å². The number of allylic oxidation sites excluding steroid dienone is 1. The van der Waals surface area contributed by atoms with E-state index < -0.39 is 0 Å². The standard InChI is InChI=1S/C15H12O2.C13H10N2.Eu/c16-14(12-7-3-1-4-8-12)11-15(17)13-9-5-2-6-10-13;1-15-9-3-5-11-7-6-10-4-2-8-14-12(10)13(11)15;/h1-11,16H;2-9H,1H2;/p+1. The third kappa shape index (κ3) is 6.14. The van der Waals surface area contributed by atoms with Gasteiger partial charge < -0.3 is 5.11 Å². The molecule has 1 aromatic heterocycles. The van der Waals surface area contributed by atoms with Crippen LogP contribution in [0.2, 0.25) is 0 Å². The van der Waals surface area contributed by atoms with Crippen LogP contribution >= 0.6 is 0 Å². The summed E-state index contributed by atoms with van der Waals surface area (Å²) < 4.78 is 1.87. The Labute approximate surface area is 234 Å². The molecule has 0 saturated heterocycles. The van der Waals surface area contributed by atoms with E-state index in [1.807, 2.05) is 65.9 Å². The molecule has 5 rings (SSSR count). The number of benzene rings is 3. The van der Waals surface area contributed by atoms with Crippen molar-refractivity contribution in [2.75, 3.05) is 0 Å². The number of aromatic nitrogens is 1. The van der Waals surface area contributed by atoms with Gasteiger partial charge in [0.1, 0.15) is 5.76 Å². The molecule has 0 unspecified atom stereocenters. The Hall–Kier alpha value is -2.86. The minimum Gasteiger partial charge on any atom is -0.507 e. The molecule has 5 heteroatoms. The number of rotatable bonds is 3. The molecular formula is C28H23EuN2O2+. The van der Waals surface area contributed by atoms with E-state index in [0.29, 0.717) is 11.1 Å². The average Bonchev–Trinajstić information content (AvgIpc) is 2.85. The number of hydrogen-bond donors (Lipinski definition) is 1. The predicted octanol–water partition coefficient (Wildman–Crippen LogP) is 5.95. The third-order valence-electron chi connectivity index (χ3n) is 5.02. The van der Waals surface area contributed by atoms with Crippen LogP contribution in [-0.2, 0) is 0 Å². The van der Waals surface area contributed by atoms with Gasteiger partial charge in [-0.1, -0.05) is 72.8 Å². The van der Waals surface area contributed by atoms with Gasteiger partial charge >= 0.3 is 5.78 Å². The SMILES string of the molecule is C=[N+]1[CH-]C=Cc2ccc3cccnc3c21.OC(=CC(=[OH+])c1ccccc1)c1ccccc1.[Eu]. The minimum atomic E-state index is 0. The van der Waals surface area contributed by atoms with Crippen molar-refractivity contribution >= 4 is 40.9 Å². The maximum absolute atomic E-state index is 9.83. The number of pyridine rings is 1. The smallest absolute Gasteiger partial charge is 0.350 e. The third-order valence-corrected chi connectivity index (χ3v) is 5.02. The maximum atomic E-state index is 9.83. The second-order valence-electron chi connectivity index (χ2n) is 7.20. The molecule has 0 amide bonds. The first-order valence-corrected chi connectivity index (χ1v) is 10.2. The number of nitrogens with zero attached hydrogens (tertiary/aromatic N) is 2. The average molecular weight is 571 g/mol. The number of carbonyl (C=O) groups excluding carboxylic acids is 1. The molecule has 0 aliphatic carbocycles. The zero-order chi connectivity index (χ0) is 22.3. The summed E-state index contributed by atoms with van der Waals surface area (Å²) in [5, 5.41) is 11.0. The van der Waals surface area contributed by atoms with E-state index in [1.165, 1.54) is 11.6 Å². The molecule has 163 valence electrons. The molecule has 0 saturated carbocycles. The van der Waals surface area contributed by atoms with Crippen molar-refractivity contribution in [3.8, 4) is 0 Å². The zero-order valence-corrected chi connectivity index (χ0v) is 20.3. The Morgan fingerprint density at radius 3 is 2.27 bits per heavy atom. The van der Waals surface area contributed by atoms with Crippen molar-refractivity contribution < 1.29 is 63.9 Å². The fraction of sp³-hybridized carbons (Fsp3) is 0. The topological polar surface area (TPSA) is 57.5 Å².